The van der Waals surface area contributed by atoms with Gasteiger partial charge in [-0.2, -0.15) is 0 Å². The molecule has 2 atom stereocenters. The molecule has 1 amide bonds. The van der Waals surface area contributed by atoms with E-state index in [1.165, 1.54) is 11.3 Å². The molecule has 0 radical (unpaired) electrons. The van der Waals surface area contributed by atoms with Crippen LogP contribution in [-0.2, 0) is 9.53 Å². The molecule has 1 aromatic heterocycles. The van der Waals surface area contributed by atoms with E-state index in [1.807, 2.05) is 42.6 Å². The number of benzene rings is 1. The van der Waals surface area contributed by atoms with Crippen molar-refractivity contribution < 1.29 is 14.3 Å². The molecule has 128 valence electrons. The molecule has 5 heteroatoms. The van der Waals surface area contributed by atoms with E-state index in [9.17, 15) is 9.59 Å². The highest BCUT2D eigenvalue weighted by molar-refractivity contribution is 7.12. The highest BCUT2D eigenvalue weighted by Crippen LogP contribution is 2.26. The van der Waals surface area contributed by atoms with Crippen LogP contribution in [0.2, 0.25) is 0 Å². The van der Waals surface area contributed by atoms with Gasteiger partial charge in [-0.25, -0.2) is 4.79 Å². The maximum absolute atomic E-state index is 12.4. The van der Waals surface area contributed by atoms with E-state index in [2.05, 4.69) is 19.2 Å². The molecule has 4 nitrogen and oxygen atoms in total. The summed E-state index contributed by atoms with van der Waals surface area (Å²) in [7, 11) is 0. The number of aryl methyl sites for hydroxylation is 1. The number of carbonyl (C=O) groups is 2. The second kappa shape index (κ2) is 8.11. The van der Waals surface area contributed by atoms with Crippen molar-refractivity contribution in [3.63, 3.8) is 0 Å². The Balaban J connectivity index is 2.05. The van der Waals surface area contributed by atoms with Gasteiger partial charge in [0.05, 0.1) is 0 Å². The van der Waals surface area contributed by atoms with Crippen molar-refractivity contribution >= 4 is 28.9 Å². The van der Waals surface area contributed by atoms with Gasteiger partial charge in [-0.3, -0.25) is 4.79 Å². The molecular formula is C19H23NO3S. The minimum Gasteiger partial charge on any atom is -0.448 e. The number of thiophene rings is 1. The first kappa shape index (κ1) is 18.2. The number of anilines is 1. The van der Waals surface area contributed by atoms with Crippen molar-refractivity contribution in [1.82, 2.24) is 0 Å². The molecule has 0 aliphatic rings. The lowest BCUT2D eigenvalue weighted by atomic mass is 9.97. The summed E-state index contributed by atoms with van der Waals surface area (Å²) in [6.07, 6.45) is 0.124. The number of nitrogens with one attached hydrogen (secondary N) is 1. The fourth-order valence-electron chi connectivity index (χ4n) is 2.34. The van der Waals surface area contributed by atoms with Crippen LogP contribution in [-0.4, -0.2) is 18.0 Å². The zero-order chi connectivity index (χ0) is 17.7. The second-order valence-corrected chi connectivity index (χ2v) is 6.78. The third kappa shape index (κ3) is 4.23. The van der Waals surface area contributed by atoms with E-state index in [0.29, 0.717) is 10.8 Å². The summed E-state index contributed by atoms with van der Waals surface area (Å²) >= 11 is 1.32. The first-order valence-corrected chi connectivity index (χ1v) is 8.96. The summed E-state index contributed by atoms with van der Waals surface area (Å²) in [6, 6.07) is 9.58. The zero-order valence-corrected chi connectivity index (χ0v) is 15.3. The average molecular weight is 345 g/mol. The molecular weight excluding hydrogens is 322 g/mol. The molecule has 2 rings (SSSR count). The van der Waals surface area contributed by atoms with Gasteiger partial charge in [-0.15, -0.1) is 11.3 Å². The average Bonchev–Trinajstić information content (AvgIpc) is 3.00. The van der Waals surface area contributed by atoms with E-state index in [1.54, 1.807) is 6.92 Å². The molecule has 0 saturated heterocycles. The lowest BCUT2D eigenvalue weighted by Gasteiger charge is -2.18. The van der Waals surface area contributed by atoms with Gasteiger partial charge in [0, 0.05) is 5.69 Å². The minimum atomic E-state index is -0.857. The number of rotatable bonds is 6. The zero-order valence-electron chi connectivity index (χ0n) is 14.5. The van der Waals surface area contributed by atoms with Crippen molar-refractivity contribution in [2.75, 3.05) is 5.32 Å². The predicted octanol–water partition coefficient (Wildman–Crippen LogP) is 4.75. The van der Waals surface area contributed by atoms with Gasteiger partial charge in [0.25, 0.3) is 5.91 Å². The largest absolute Gasteiger partial charge is 0.448 e. The predicted molar refractivity (Wildman–Crippen MR) is 97.7 cm³/mol. The van der Waals surface area contributed by atoms with Crippen molar-refractivity contribution in [2.24, 2.45) is 0 Å². The number of para-hydroxylation sites is 1. The van der Waals surface area contributed by atoms with E-state index >= 15 is 0 Å². The SMILES string of the molecule is CC[C@H](C)c1ccccc1NC(=O)[C@@H](C)OC(=O)c1sccc1C. The molecule has 0 bridgehead atoms. The van der Waals surface area contributed by atoms with E-state index in [0.717, 1.165) is 23.2 Å². The van der Waals surface area contributed by atoms with Crippen LogP contribution in [0.5, 0.6) is 0 Å². The van der Waals surface area contributed by atoms with Crippen LogP contribution in [0.15, 0.2) is 35.7 Å². The maximum atomic E-state index is 12.4. The quantitative estimate of drug-likeness (QED) is 0.768. The third-order valence-corrected chi connectivity index (χ3v) is 5.06. The Labute approximate surface area is 146 Å². The Kier molecular flexibility index (Phi) is 6.15. The molecule has 0 aliphatic carbocycles. The van der Waals surface area contributed by atoms with Crippen molar-refractivity contribution in [3.05, 3.63) is 51.7 Å². The molecule has 0 fully saturated rings. The summed E-state index contributed by atoms with van der Waals surface area (Å²) in [6.45, 7) is 7.66. The third-order valence-electron chi connectivity index (χ3n) is 4.06. The van der Waals surface area contributed by atoms with Crippen LogP contribution >= 0.6 is 11.3 Å². The van der Waals surface area contributed by atoms with Gasteiger partial charge >= 0.3 is 5.97 Å². The van der Waals surface area contributed by atoms with Crippen molar-refractivity contribution in [2.45, 2.75) is 46.1 Å². The van der Waals surface area contributed by atoms with Gasteiger partial charge in [-0.1, -0.05) is 32.0 Å². The van der Waals surface area contributed by atoms with Crippen LogP contribution in [0.1, 0.15) is 53.9 Å². The summed E-state index contributed by atoms with van der Waals surface area (Å²) < 4.78 is 5.30. The molecule has 0 unspecified atom stereocenters. The molecule has 1 N–H and O–H groups in total. The monoisotopic (exact) mass is 345 g/mol. The first-order valence-electron chi connectivity index (χ1n) is 8.08. The summed E-state index contributed by atoms with van der Waals surface area (Å²) in [5.74, 6) is -0.443. The van der Waals surface area contributed by atoms with Crippen LogP contribution in [0, 0.1) is 6.92 Å². The van der Waals surface area contributed by atoms with Crippen LogP contribution in [0.25, 0.3) is 0 Å². The van der Waals surface area contributed by atoms with Crippen LogP contribution < -0.4 is 5.32 Å². The lowest BCUT2D eigenvalue weighted by molar-refractivity contribution is -0.123. The van der Waals surface area contributed by atoms with Crippen LogP contribution in [0.4, 0.5) is 5.69 Å². The normalized spacial score (nSPS) is 13.2. The van der Waals surface area contributed by atoms with Gasteiger partial charge in [0.1, 0.15) is 4.88 Å². The Morgan fingerprint density at radius 3 is 2.54 bits per heavy atom. The standard InChI is InChI=1S/C19H23NO3S/c1-5-12(2)15-8-6-7-9-16(15)20-18(21)14(4)23-19(22)17-13(3)10-11-24-17/h6-12,14H,5H2,1-4H3,(H,20,21)/t12-,14+/m0/s1. The van der Waals surface area contributed by atoms with Gasteiger partial charge < -0.3 is 10.1 Å². The molecule has 0 saturated carbocycles. The molecule has 24 heavy (non-hydrogen) atoms. The fourth-order valence-corrected chi connectivity index (χ4v) is 3.15. The number of hydrogen-bond donors (Lipinski definition) is 1. The van der Waals surface area contributed by atoms with Crippen molar-refractivity contribution in [3.8, 4) is 0 Å². The fraction of sp³-hybridized carbons (Fsp3) is 0.368. The van der Waals surface area contributed by atoms with Gasteiger partial charge in [-0.05, 0) is 54.8 Å². The first-order chi connectivity index (χ1) is 11.4. The van der Waals surface area contributed by atoms with E-state index in [4.69, 9.17) is 4.74 Å². The minimum absolute atomic E-state index is 0.326. The van der Waals surface area contributed by atoms with Crippen molar-refractivity contribution in [1.29, 1.82) is 0 Å². The summed E-state index contributed by atoms with van der Waals surface area (Å²) in [4.78, 5) is 25.0. The van der Waals surface area contributed by atoms with Crippen LogP contribution in [0.3, 0.4) is 0 Å². The van der Waals surface area contributed by atoms with Gasteiger partial charge in [0.2, 0.25) is 0 Å². The van der Waals surface area contributed by atoms with Gasteiger partial charge in [0.15, 0.2) is 6.10 Å². The van der Waals surface area contributed by atoms with E-state index < -0.39 is 12.1 Å². The second-order valence-electron chi connectivity index (χ2n) is 5.87. The number of hydrogen-bond acceptors (Lipinski definition) is 4. The smallest absolute Gasteiger partial charge is 0.349 e. The number of amides is 1. The topological polar surface area (TPSA) is 55.4 Å². The summed E-state index contributed by atoms with van der Waals surface area (Å²) in [5.41, 5.74) is 2.72. The Bertz CT molecular complexity index is 723. The molecule has 0 aliphatic heterocycles. The summed E-state index contributed by atoms with van der Waals surface area (Å²) in [5, 5.41) is 4.71. The molecule has 0 spiro atoms. The number of carbonyl (C=O) groups excluding carboxylic acids is 2. The highest BCUT2D eigenvalue weighted by atomic mass is 32.1. The number of esters is 1. The van der Waals surface area contributed by atoms with E-state index in [-0.39, 0.29) is 5.91 Å². The lowest BCUT2D eigenvalue weighted by Crippen LogP contribution is -2.30. The molecule has 1 aromatic carbocycles. The number of ether oxygens (including phenoxy) is 1. The Morgan fingerprint density at radius 1 is 1.21 bits per heavy atom. The molecule has 1 heterocycles. The maximum Gasteiger partial charge on any atom is 0.349 e. The highest BCUT2D eigenvalue weighted by Gasteiger charge is 2.22. The molecule has 2 aromatic rings. The Morgan fingerprint density at radius 2 is 1.92 bits per heavy atom. The Hall–Kier alpha value is -2.14.